The summed E-state index contributed by atoms with van der Waals surface area (Å²) < 4.78 is 33.9. The highest BCUT2D eigenvalue weighted by atomic mass is 32.2. The van der Waals surface area contributed by atoms with Gasteiger partial charge in [-0.1, -0.05) is 58.3 Å². The fraction of sp³-hybridized carbons (Fsp3) is 0.966. The third-order valence-electron chi connectivity index (χ3n) is 8.60. The van der Waals surface area contributed by atoms with Crippen molar-refractivity contribution in [3.63, 3.8) is 0 Å². The second kappa shape index (κ2) is 18.9. The molecule has 2 heterocycles. The Labute approximate surface area is 245 Å². The van der Waals surface area contributed by atoms with E-state index in [1.165, 1.54) is 6.42 Å². The summed E-state index contributed by atoms with van der Waals surface area (Å²) >= 11 is 0. The van der Waals surface area contributed by atoms with Gasteiger partial charge in [0.05, 0.1) is 36.9 Å². The Bertz CT molecular complexity index is 823. The van der Waals surface area contributed by atoms with Crippen LogP contribution in [0.4, 0.5) is 0 Å². The van der Waals surface area contributed by atoms with Crippen LogP contribution in [0.3, 0.4) is 0 Å². The maximum Gasteiger partial charge on any atom is 0.186 e. The predicted octanol–water partition coefficient (Wildman–Crippen LogP) is 1.24. The van der Waals surface area contributed by atoms with Crippen molar-refractivity contribution >= 4 is 15.6 Å². The Kier molecular flexibility index (Phi) is 16.8. The number of carbonyl (C=O) groups is 1. The zero-order valence-corrected chi connectivity index (χ0v) is 25.4. The monoisotopic (exact) mass is 610 g/mol. The Morgan fingerprint density at radius 1 is 0.902 bits per heavy atom. The van der Waals surface area contributed by atoms with Gasteiger partial charge in [-0.25, -0.2) is 8.42 Å². The Morgan fingerprint density at radius 2 is 1.49 bits per heavy atom. The minimum absolute atomic E-state index is 0.0252. The molecule has 0 radical (unpaired) electrons. The number of unbranched alkanes of at least 4 members (excludes halogenated alkanes) is 7. The predicted molar refractivity (Wildman–Crippen MR) is 153 cm³/mol. The van der Waals surface area contributed by atoms with Gasteiger partial charge in [0.2, 0.25) is 0 Å². The van der Waals surface area contributed by atoms with Gasteiger partial charge in [0, 0.05) is 18.8 Å². The van der Waals surface area contributed by atoms with Gasteiger partial charge in [-0.15, -0.1) is 0 Å². The number of sulfone groups is 1. The van der Waals surface area contributed by atoms with Crippen LogP contribution < -0.4 is 0 Å². The summed E-state index contributed by atoms with van der Waals surface area (Å²) in [6.07, 6.45) is 2.26. The first-order chi connectivity index (χ1) is 19.5. The van der Waals surface area contributed by atoms with E-state index in [1.807, 2.05) is 0 Å². The molecule has 2 aliphatic rings. The summed E-state index contributed by atoms with van der Waals surface area (Å²) in [5, 5.41) is 60.2. The number of Topliss-reactive ketones (excluding diaryl/α,β-unsaturated/α-hetero) is 1. The van der Waals surface area contributed by atoms with E-state index >= 15 is 0 Å². The molecule has 0 aromatic heterocycles. The molecule has 0 bridgehead atoms. The summed E-state index contributed by atoms with van der Waals surface area (Å²) in [6, 6.07) is 0. The van der Waals surface area contributed by atoms with Crippen LogP contribution in [0.2, 0.25) is 0 Å². The van der Waals surface area contributed by atoms with Crippen molar-refractivity contribution in [2.75, 3.05) is 24.7 Å². The first-order valence-electron chi connectivity index (χ1n) is 15.5. The largest absolute Gasteiger partial charge is 0.394 e. The Hall–Kier alpha value is -0.700. The molecule has 41 heavy (non-hydrogen) atoms. The highest BCUT2D eigenvalue weighted by Crippen LogP contribution is 2.26. The van der Waals surface area contributed by atoms with E-state index in [9.17, 15) is 43.9 Å². The normalized spacial score (nSPS) is 29.2. The van der Waals surface area contributed by atoms with Crippen LogP contribution in [0.15, 0.2) is 0 Å². The zero-order valence-electron chi connectivity index (χ0n) is 24.6. The Balaban J connectivity index is 1.63. The fourth-order valence-electron chi connectivity index (χ4n) is 5.70. The lowest BCUT2D eigenvalue weighted by Crippen LogP contribution is -2.59. The van der Waals surface area contributed by atoms with Gasteiger partial charge in [0.15, 0.2) is 6.29 Å². The molecule has 242 valence electrons. The number of aliphatic hydroxyl groups is 6. The molecule has 2 aliphatic heterocycles. The molecule has 2 rings (SSSR count). The lowest BCUT2D eigenvalue weighted by atomic mass is 9.90. The molecule has 2 fully saturated rings. The number of carbonyl (C=O) groups excluding carboxylic acids is 1. The second-order valence-corrected chi connectivity index (χ2v) is 14.3. The van der Waals surface area contributed by atoms with Crippen LogP contribution in [0, 0.1) is 11.8 Å². The third-order valence-corrected chi connectivity index (χ3v) is 10.3. The first-order valence-corrected chi connectivity index (χ1v) is 17.3. The van der Waals surface area contributed by atoms with E-state index in [0.717, 1.165) is 64.2 Å². The average Bonchev–Trinajstić information content (AvgIpc) is 2.95. The van der Waals surface area contributed by atoms with Crippen molar-refractivity contribution in [1.82, 2.24) is 0 Å². The van der Waals surface area contributed by atoms with Gasteiger partial charge in [-0.3, -0.25) is 4.79 Å². The van der Waals surface area contributed by atoms with Crippen LogP contribution in [0.25, 0.3) is 0 Å². The van der Waals surface area contributed by atoms with Crippen LogP contribution in [0.5, 0.6) is 0 Å². The first kappa shape index (κ1) is 36.5. The Morgan fingerprint density at radius 3 is 2.07 bits per heavy atom. The summed E-state index contributed by atoms with van der Waals surface area (Å²) in [7, 11) is -2.78. The van der Waals surface area contributed by atoms with Gasteiger partial charge >= 0.3 is 0 Å². The highest BCUT2D eigenvalue weighted by Gasteiger charge is 2.44. The lowest BCUT2D eigenvalue weighted by Gasteiger charge is -2.40. The maximum atomic E-state index is 12.7. The number of aliphatic hydroxyl groups excluding tert-OH is 6. The number of ketones is 1. The SMILES string of the molecule is CC[C@@H](O)[C@@H](O)[C@H](COC1OC(CO)C(O)C(O)C1O)CC(=O)CCCCCCCCCCC1CCS(=O)(=O)CC1. The number of hydrogen-bond acceptors (Lipinski definition) is 11. The molecule has 8 atom stereocenters. The lowest BCUT2D eigenvalue weighted by molar-refractivity contribution is -0.304. The van der Waals surface area contributed by atoms with E-state index in [0.29, 0.717) is 23.8 Å². The molecule has 0 aromatic carbocycles. The minimum atomic E-state index is -2.78. The van der Waals surface area contributed by atoms with Crippen molar-refractivity contribution in [2.24, 2.45) is 11.8 Å². The second-order valence-electron chi connectivity index (χ2n) is 12.0. The van der Waals surface area contributed by atoms with Gasteiger partial charge in [0.1, 0.15) is 40.0 Å². The zero-order chi connectivity index (χ0) is 30.4. The van der Waals surface area contributed by atoms with Crippen LogP contribution in [-0.2, 0) is 24.1 Å². The molecule has 0 aliphatic carbocycles. The van der Waals surface area contributed by atoms with Gasteiger partial charge < -0.3 is 40.1 Å². The molecule has 5 unspecified atom stereocenters. The summed E-state index contributed by atoms with van der Waals surface area (Å²) in [6.45, 7) is 0.878. The average molecular weight is 611 g/mol. The molecule has 12 heteroatoms. The highest BCUT2D eigenvalue weighted by molar-refractivity contribution is 7.91. The van der Waals surface area contributed by atoms with Crippen molar-refractivity contribution in [3.05, 3.63) is 0 Å². The molecular formula is C29H54O11S. The summed E-state index contributed by atoms with van der Waals surface area (Å²) in [5.41, 5.74) is 0. The van der Waals surface area contributed by atoms with E-state index in [1.54, 1.807) is 6.92 Å². The molecule has 0 spiro atoms. The van der Waals surface area contributed by atoms with Gasteiger partial charge in [-0.2, -0.15) is 0 Å². The molecule has 11 nitrogen and oxygen atoms in total. The van der Waals surface area contributed by atoms with E-state index < -0.39 is 65.3 Å². The van der Waals surface area contributed by atoms with Crippen LogP contribution in [-0.4, -0.2) is 112 Å². The number of hydrogen-bond donors (Lipinski definition) is 6. The quantitative estimate of drug-likeness (QED) is 0.109. The standard InChI is InChI=1S/C29H54O11S/c1-2-23(32)25(33)21(19-39-29-28(36)27(35)26(34)24(18-30)40-29)17-22(31)12-10-8-6-4-3-5-7-9-11-20-13-15-41(37,38)16-14-20/h20-21,23-30,32-36H,2-19H2,1H3/t21-,23+,24?,25-,26?,27?,28?,29?/m0/s1. The van der Waals surface area contributed by atoms with E-state index in [-0.39, 0.29) is 25.2 Å². The van der Waals surface area contributed by atoms with Crippen molar-refractivity contribution < 1.29 is 53.3 Å². The van der Waals surface area contributed by atoms with Gasteiger partial charge in [0.25, 0.3) is 0 Å². The molecule has 0 saturated carbocycles. The topological polar surface area (TPSA) is 191 Å². The van der Waals surface area contributed by atoms with Crippen molar-refractivity contribution in [2.45, 2.75) is 140 Å². The third kappa shape index (κ3) is 12.8. The van der Waals surface area contributed by atoms with Crippen LogP contribution >= 0.6 is 0 Å². The smallest absolute Gasteiger partial charge is 0.186 e. The molecule has 0 aromatic rings. The number of ether oxygens (including phenoxy) is 2. The van der Waals surface area contributed by atoms with E-state index in [2.05, 4.69) is 0 Å². The molecule has 0 amide bonds. The fourth-order valence-corrected chi connectivity index (χ4v) is 7.28. The molecular weight excluding hydrogens is 556 g/mol. The van der Waals surface area contributed by atoms with Crippen molar-refractivity contribution in [1.29, 1.82) is 0 Å². The number of rotatable bonds is 20. The minimum Gasteiger partial charge on any atom is -0.394 e. The molecule has 6 N–H and O–H groups in total. The van der Waals surface area contributed by atoms with Crippen molar-refractivity contribution in [3.8, 4) is 0 Å². The maximum absolute atomic E-state index is 12.7. The van der Waals surface area contributed by atoms with Gasteiger partial charge in [-0.05, 0) is 31.6 Å². The summed E-state index contributed by atoms with van der Waals surface area (Å²) in [4.78, 5) is 12.7. The molecule has 2 saturated heterocycles. The van der Waals surface area contributed by atoms with E-state index in [4.69, 9.17) is 9.47 Å². The van der Waals surface area contributed by atoms with Crippen LogP contribution in [0.1, 0.15) is 96.8 Å². The summed E-state index contributed by atoms with van der Waals surface area (Å²) in [5.74, 6) is 0.421.